The molecule has 0 saturated carbocycles. The zero-order valence-corrected chi connectivity index (χ0v) is 11.7. The van der Waals surface area contributed by atoms with Gasteiger partial charge in [-0.2, -0.15) is 0 Å². The topological polar surface area (TPSA) is 51.0 Å². The van der Waals surface area contributed by atoms with E-state index in [1.807, 2.05) is 23.4 Å². The first-order valence-electron chi connectivity index (χ1n) is 5.86. The number of carbonyl (C=O) groups excluding carboxylic acids is 1. The summed E-state index contributed by atoms with van der Waals surface area (Å²) in [5, 5.41) is 8.04. The zero-order chi connectivity index (χ0) is 12.4. The maximum Gasteiger partial charge on any atom is 0.236 e. The molecule has 17 heavy (non-hydrogen) atoms. The molecule has 2 atom stereocenters. The van der Waals surface area contributed by atoms with Gasteiger partial charge in [0.25, 0.3) is 0 Å². The molecule has 1 aromatic rings. The number of amides is 1. The van der Waals surface area contributed by atoms with Crippen molar-refractivity contribution in [2.45, 2.75) is 30.5 Å². The first kappa shape index (κ1) is 12.5. The first-order valence-corrected chi connectivity index (χ1v) is 6.78. The van der Waals surface area contributed by atoms with Gasteiger partial charge in [-0.05, 0) is 19.8 Å². The second kappa shape index (κ2) is 5.16. The normalized spacial score (nSPS) is 22.5. The average molecular weight is 301 g/mol. The highest BCUT2D eigenvalue weighted by Crippen LogP contribution is 2.25. The molecule has 5 nitrogen and oxygen atoms in total. The van der Waals surface area contributed by atoms with Gasteiger partial charge in [0.2, 0.25) is 5.91 Å². The van der Waals surface area contributed by atoms with E-state index in [1.54, 1.807) is 6.33 Å². The Balaban J connectivity index is 2.08. The minimum absolute atomic E-state index is 0.110. The summed E-state index contributed by atoms with van der Waals surface area (Å²) >= 11 is 3.33. The maximum atomic E-state index is 11.9. The van der Waals surface area contributed by atoms with Gasteiger partial charge >= 0.3 is 0 Å². The van der Waals surface area contributed by atoms with Gasteiger partial charge in [0, 0.05) is 26.1 Å². The minimum Gasteiger partial charge on any atom is -0.341 e. The molecule has 0 N–H and O–H groups in total. The molecule has 2 heterocycles. The standard InChI is InChI=1S/C11H17BrN4O/c1-8(12)11(17)16-5-3-4-9(6-16)10-14-13-7-15(10)2/h7-9H,3-6H2,1-2H3. The quantitative estimate of drug-likeness (QED) is 0.774. The minimum atomic E-state index is -0.110. The van der Waals surface area contributed by atoms with Crippen LogP contribution in [0.3, 0.4) is 0 Å². The Morgan fingerprint density at radius 2 is 2.41 bits per heavy atom. The van der Waals surface area contributed by atoms with Crippen LogP contribution in [0.1, 0.15) is 31.5 Å². The molecule has 1 amide bonds. The van der Waals surface area contributed by atoms with E-state index in [9.17, 15) is 4.79 Å². The molecular weight excluding hydrogens is 284 g/mol. The fourth-order valence-corrected chi connectivity index (χ4v) is 2.59. The van der Waals surface area contributed by atoms with Crippen LogP contribution in [0.4, 0.5) is 0 Å². The fraction of sp³-hybridized carbons (Fsp3) is 0.727. The van der Waals surface area contributed by atoms with E-state index in [0.717, 1.165) is 31.8 Å². The molecule has 1 aliphatic heterocycles. The molecule has 0 aromatic carbocycles. The molecule has 1 fully saturated rings. The number of alkyl halides is 1. The van der Waals surface area contributed by atoms with Crippen molar-refractivity contribution < 1.29 is 4.79 Å². The molecule has 2 rings (SSSR count). The largest absolute Gasteiger partial charge is 0.341 e. The molecule has 1 aliphatic rings. The van der Waals surface area contributed by atoms with Crippen molar-refractivity contribution in [3.63, 3.8) is 0 Å². The van der Waals surface area contributed by atoms with E-state index in [4.69, 9.17) is 0 Å². The van der Waals surface area contributed by atoms with E-state index < -0.39 is 0 Å². The summed E-state index contributed by atoms with van der Waals surface area (Å²) in [5.74, 6) is 1.45. The van der Waals surface area contributed by atoms with Crippen LogP contribution < -0.4 is 0 Å². The number of rotatable bonds is 2. The van der Waals surface area contributed by atoms with E-state index >= 15 is 0 Å². The van der Waals surface area contributed by atoms with Gasteiger partial charge < -0.3 is 9.47 Å². The molecule has 1 aromatic heterocycles. The third-order valence-corrected chi connectivity index (χ3v) is 3.58. The van der Waals surface area contributed by atoms with Crippen LogP contribution in [0.5, 0.6) is 0 Å². The van der Waals surface area contributed by atoms with Crippen molar-refractivity contribution in [3.05, 3.63) is 12.2 Å². The van der Waals surface area contributed by atoms with E-state index in [-0.39, 0.29) is 10.7 Å². The van der Waals surface area contributed by atoms with Crippen LogP contribution in [-0.4, -0.2) is 43.5 Å². The molecule has 0 bridgehead atoms. The van der Waals surface area contributed by atoms with Gasteiger partial charge in [0.1, 0.15) is 12.2 Å². The van der Waals surface area contributed by atoms with Crippen LogP contribution in [0, 0.1) is 0 Å². The van der Waals surface area contributed by atoms with Crippen LogP contribution in [-0.2, 0) is 11.8 Å². The SMILES string of the molecule is CC(Br)C(=O)N1CCCC(c2nncn2C)C1. The molecule has 0 radical (unpaired) electrons. The Labute approximate surface area is 109 Å². The predicted molar refractivity (Wildman–Crippen MR) is 67.9 cm³/mol. The van der Waals surface area contributed by atoms with E-state index in [2.05, 4.69) is 26.1 Å². The Bertz CT molecular complexity index is 404. The number of hydrogen-bond acceptors (Lipinski definition) is 3. The lowest BCUT2D eigenvalue weighted by Crippen LogP contribution is -2.42. The number of nitrogens with zero attached hydrogens (tertiary/aromatic N) is 4. The van der Waals surface area contributed by atoms with Crippen LogP contribution in [0.15, 0.2) is 6.33 Å². The number of aryl methyl sites for hydroxylation is 1. The molecule has 0 aliphatic carbocycles. The van der Waals surface area contributed by atoms with Gasteiger partial charge in [0.05, 0.1) is 4.83 Å². The summed E-state index contributed by atoms with van der Waals surface area (Å²) < 4.78 is 1.94. The summed E-state index contributed by atoms with van der Waals surface area (Å²) in [6, 6.07) is 0. The number of likely N-dealkylation sites (tertiary alicyclic amines) is 1. The maximum absolute atomic E-state index is 11.9. The third kappa shape index (κ3) is 2.68. The fourth-order valence-electron chi connectivity index (χ4n) is 2.30. The van der Waals surface area contributed by atoms with Crippen molar-refractivity contribution in [3.8, 4) is 0 Å². The lowest BCUT2D eigenvalue weighted by Gasteiger charge is -2.32. The Morgan fingerprint density at radius 3 is 3.00 bits per heavy atom. The van der Waals surface area contributed by atoms with Crippen molar-refractivity contribution in [1.29, 1.82) is 0 Å². The molecule has 1 saturated heterocycles. The van der Waals surface area contributed by atoms with Crippen molar-refractivity contribution >= 4 is 21.8 Å². The van der Waals surface area contributed by atoms with E-state index in [1.165, 1.54) is 0 Å². The van der Waals surface area contributed by atoms with Crippen molar-refractivity contribution in [2.24, 2.45) is 7.05 Å². The highest BCUT2D eigenvalue weighted by atomic mass is 79.9. The highest BCUT2D eigenvalue weighted by Gasteiger charge is 2.28. The predicted octanol–water partition coefficient (Wildman–Crippen LogP) is 1.30. The molecule has 2 unspecified atom stereocenters. The molecular formula is C11H17BrN4O. The Hall–Kier alpha value is -0.910. The number of piperidine rings is 1. The smallest absolute Gasteiger partial charge is 0.236 e. The average Bonchev–Trinajstić information content (AvgIpc) is 2.74. The van der Waals surface area contributed by atoms with Crippen molar-refractivity contribution in [1.82, 2.24) is 19.7 Å². The summed E-state index contributed by atoms with van der Waals surface area (Å²) in [4.78, 5) is 13.7. The lowest BCUT2D eigenvalue weighted by molar-refractivity contribution is -0.131. The molecule has 0 spiro atoms. The monoisotopic (exact) mass is 300 g/mol. The summed E-state index contributed by atoms with van der Waals surface area (Å²) in [6.07, 6.45) is 3.82. The first-order chi connectivity index (χ1) is 8.09. The Kier molecular flexibility index (Phi) is 3.81. The summed E-state index contributed by atoms with van der Waals surface area (Å²) in [6.45, 7) is 3.47. The summed E-state index contributed by atoms with van der Waals surface area (Å²) in [5.41, 5.74) is 0. The van der Waals surface area contributed by atoms with Gasteiger partial charge in [-0.25, -0.2) is 0 Å². The number of halogens is 1. The number of carbonyl (C=O) groups is 1. The van der Waals surface area contributed by atoms with Crippen LogP contribution in [0.25, 0.3) is 0 Å². The van der Waals surface area contributed by atoms with Crippen LogP contribution >= 0.6 is 15.9 Å². The van der Waals surface area contributed by atoms with Crippen LogP contribution in [0.2, 0.25) is 0 Å². The van der Waals surface area contributed by atoms with Gasteiger partial charge in [-0.1, -0.05) is 15.9 Å². The third-order valence-electron chi connectivity index (χ3n) is 3.18. The van der Waals surface area contributed by atoms with Gasteiger partial charge in [-0.15, -0.1) is 10.2 Å². The molecule has 94 valence electrons. The number of aromatic nitrogens is 3. The van der Waals surface area contributed by atoms with Crippen molar-refractivity contribution in [2.75, 3.05) is 13.1 Å². The Morgan fingerprint density at radius 1 is 1.65 bits per heavy atom. The highest BCUT2D eigenvalue weighted by molar-refractivity contribution is 9.10. The second-order valence-corrected chi connectivity index (χ2v) is 5.91. The van der Waals surface area contributed by atoms with Gasteiger partial charge in [-0.3, -0.25) is 4.79 Å². The van der Waals surface area contributed by atoms with Gasteiger partial charge in [0.15, 0.2) is 0 Å². The summed E-state index contributed by atoms with van der Waals surface area (Å²) in [7, 11) is 1.95. The zero-order valence-electron chi connectivity index (χ0n) is 10.1. The second-order valence-electron chi connectivity index (χ2n) is 4.54. The van der Waals surface area contributed by atoms with E-state index in [0.29, 0.717) is 5.92 Å². The number of hydrogen-bond donors (Lipinski definition) is 0. The lowest BCUT2D eigenvalue weighted by atomic mass is 9.97. The molecule has 6 heteroatoms.